The maximum absolute atomic E-state index is 12.7. The monoisotopic (exact) mass is 460 g/mol. The number of hydrogen-bond donors (Lipinski definition) is 2. The molecule has 1 atom stereocenters. The van der Waals surface area contributed by atoms with Gasteiger partial charge in [0.2, 0.25) is 0 Å². The minimum absolute atomic E-state index is 0.283. The molecule has 2 N–H and O–H groups in total. The maximum atomic E-state index is 12.7. The summed E-state index contributed by atoms with van der Waals surface area (Å²) in [6, 6.07) is 7.06. The average molecular weight is 461 g/mol. The molecule has 8 heteroatoms. The van der Waals surface area contributed by atoms with Crippen LogP contribution in [0.5, 0.6) is 0 Å². The van der Waals surface area contributed by atoms with Crippen molar-refractivity contribution in [3.8, 4) is 11.3 Å². The normalized spacial score (nSPS) is 16.8. The summed E-state index contributed by atoms with van der Waals surface area (Å²) < 4.78 is 6.47. The molecule has 1 aliphatic rings. The van der Waals surface area contributed by atoms with Crippen LogP contribution >= 0.6 is 15.9 Å². The van der Waals surface area contributed by atoms with Gasteiger partial charge in [0, 0.05) is 23.6 Å². The Hall–Kier alpha value is -2.61. The van der Waals surface area contributed by atoms with Crippen molar-refractivity contribution in [2.24, 2.45) is 0 Å². The van der Waals surface area contributed by atoms with Gasteiger partial charge >= 0.3 is 6.09 Å². The lowest BCUT2D eigenvalue weighted by Crippen LogP contribution is -2.37. The zero-order valence-corrected chi connectivity index (χ0v) is 18.6. The summed E-state index contributed by atoms with van der Waals surface area (Å²) >= 11 is 3.42. The van der Waals surface area contributed by atoms with Crippen LogP contribution in [0.2, 0.25) is 0 Å². The van der Waals surface area contributed by atoms with Crippen LogP contribution in [-0.2, 0) is 4.74 Å². The van der Waals surface area contributed by atoms with Crippen LogP contribution in [-0.4, -0.2) is 46.1 Å². The Bertz CT molecular complexity index is 944. The van der Waals surface area contributed by atoms with Gasteiger partial charge in [-0.3, -0.25) is 9.69 Å². The number of H-pyrrole nitrogens is 1. The Morgan fingerprint density at radius 2 is 1.97 bits per heavy atom. The first-order valence-corrected chi connectivity index (χ1v) is 10.1. The summed E-state index contributed by atoms with van der Waals surface area (Å²) in [5.41, 5.74) is 1.89. The van der Waals surface area contributed by atoms with Gasteiger partial charge in [-0.15, -0.1) is 0 Å². The zero-order valence-electron chi connectivity index (χ0n) is 17.0. The lowest BCUT2D eigenvalue weighted by atomic mass is 10.1. The summed E-state index contributed by atoms with van der Waals surface area (Å²) in [5, 5.41) is 2.64. The third-order valence-corrected chi connectivity index (χ3v) is 5.08. The molecule has 1 saturated heterocycles. The standard InChI is InChI=1S/C21H25BrN4O3/c1-12-10-11-26(20(28)29-21(2,3)4)17(12)18-24-15(16(25-18)19(27)23-5)13-6-8-14(22)9-7-13/h6-9,17H,1,10-11H2,2-5H3,(H,23,27)(H,24,25)/t17-/m0/s1. The second-order valence-corrected chi connectivity index (χ2v) is 8.83. The van der Waals surface area contributed by atoms with E-state index in [2.05, 4.69) is 32.8 Å². The molecule has 0 aliphatic carbocycles. The topological polar surface area (TPSA) is 87.3 Å². The highest BCUT2D eigenvalue weighted by Crippen LogP contribution is 2.37. The van der Waals surface area contributed by atoms with Crippen molar-refractivity contribution in [1.82, 2.24) is 20.2 Å². The Balaban J connectivity index is 2.02. The van der Waals surface area contributed by atoms with E-state index in [9.17, 15) is 9.59 Å². The van der Waals surface area contributed by atoms with Crippen LogP contribution in [0.3, 0.4) is 0 Å². The van der Waals surface area contributed by atoms with Crippen LogP contribution in [0.15, 0.2) is 40.9 Å². The number of benzene rings is 1. The molecule has 0 unspecified atom stereocenters. The number of ether oxygens (including phenoxy) is 1. The molecule has 154 valence electrons. The highest BCUT2D eigenvalue weighted by Gasteiger charge is 2.38. The molecule has 0 radical (unpaired) electrons. The highest BCUT2D eigenvalue weighted by atomic mass is 79.9. The second kappa shape index (κ2) is 8.02. The third kappa shape index (κ3) is 4.53. The Morgan fingerprint density at radius 3 is 2.55 bits per heavy atom. The first kappa shape index (κ1) is 21.1. The number of halogens is 1. The van der Waals surface area contributed by atoms with Crippen LogP contribution in [0, 0.1) is 0 Å². The number of nitrogens with zero attached hydrogens (tertiary/aromatic N) is 2. The van der Waals surface area contributed by atoms with Gasteiger partial charge in [0.05, 0.1) is 0 Å². The van der Waals surface area contributed by atoms with Crippen molar-refractivity contribution >= 4 is 27.9 Å². The van der Waals surface area contributed by atoms with E-state index >= 15 is 0 Å². The molecule has 0 bridgehead atoms. The molecule has 2 amide bonds. The lowest BCUT2D eigenvalue weighted by Gasteiger charge is -2.27. The number of carbonyl (C=O) groups is 2. The van der Waals surface area contributed by atoms with Crippen molar-refractivity contribution < 1.29 is 14.3 Å². The van der Waals surface area contributed by atoms with E-state index in [1.807, 2.05) is 45.0 Å². The quantitative estimate of drug-likeness (QED) is 0.662. The second-order valence-electron chi connectivity index (χ2n) is 7.92. The van der Waals surface area contributed by atoms with Gasteiger partial charge < -0.3 is 15.0 Å². The van der Waals surface area contributed by atoms with E-state index in [-0.39, 0.29) is 5.91 Å². The number of hydrogen-bond acceptors (Lipinski definition) is 4. The molecule has 29 heavy (non-hydrogen) atoms. The number of nitrogens with one attached hydrogen (secondary N) is 2. The van der Waals surface area contributed by atoms with Gasteiger partial charge in [-0.05, 0) is 44.9 Å². The molecular weight excluding hydrogens is 436 g/mol. The van der Waals surface area contributed by atoms with Crippen molar-refractivity contribution in [1.29, 1.82) is 0 Å². The maximum Gasteiger partial charge on any atom is 0.411 e. The third-order valence-electron chi connectivity index (χ3n) is 4.55. The Kier molecular flexibility index (Phi) is 5.84. The number of imidazole rings is 1. The van der Waals surface area contributed by atoms with Gasteiger partial charge in [-0.2, -0.15) is 0 Å². The van der Waals surface area contributed by atoms with Crippen LogP contribution in [0.25, 0.3) is 11.3 Å². The number of aromatic amines is 1. The summed E-state index contributed by atoms with van der Waals surface area (Å²) in [5.74, 6) is 0.212. The minimum Gasteiger partial charge on any atom is -0.444 e. The predicted octanol–water partition coefficient (Wildman–Crippen LogP) is 4.44. The summed E-state index contributed by atoms with van der Waals surface area (Å²) in [6.45, 7) is 10.1. The van der Waals surface area contributed by atoms with Crippen molar-refractivity contribution in [3.05, 3.63) is 52.4 Å². The molecule has 7 nitrogen and oxygen atoms in total. The molecule has 1 fully saturated rings. The fourth-order valence-corrected chi connectivity index (χ4v) is 3.50. The van der Waals surface area contributed by atoms with Gasteiger partial charge in [0.25, 0.3) is 5.91 Å². The molecular formula is C21H25BrN4O3. The van der Waals surface area contributed by atoms with Gasteiger partial charge in [0.15, 0.2) is 0 Å². The summed E-state index contributed by atoms with van der Waals surface area (Å²) in [4.78, 5) is 34.6. The fraction of sp³-hybridized carbons (Fsp3) is 0.381. The van der Waals surface area contributed by atoms with Crippen molar-refractivity contribution in [2.45, 2.75) is 38.8 Å². The number of amides is 2. The molecule has 1 aromatic heterocycles. The van der Waals surface area contributed by atoms with E-state index < -0.39 is 17.7 Å². The summed E-state index contributed by atoms with van der Waals surface area (Å²) in [6.07, 6.45) is 0.220. The van der Waals surface area contributed by atoms with E-state index in [1.165, 1.54) is 0 Å². The zero-order chi connectivity index (χ0) is 21.3. The first-order chi connectivity index (χ1) is 13.6. The Morgan fingerprint density at radius 1 is 1.31 bits per heavy atom. The van der Waals surface area contributed by atoms with Gasteiger partial charge in [0.1, 0.15) is 28.9 Å². The Labute approximate surface area is 178 Å². The van der Waals surface area contributed by atoms with E-state index in [4.69, 9.17) is 9.72 Å². The van der Waals surface area contributed by atoms with E-state index in [1.54, 1.807) is 11.9 Å². The number of aromatic nitrogens is 2. The van der Waals surface area contributed by atoms with E-state index in [0.717, 1.165) is 15.6 Å². The van der Waals surface area contributed by atoms with E-state index in [0.29, 0.717) is 30.2 Å². The molecule has 2 aromatic rings. The SMILES string of the molecule is C=C1CCN(C(=O)OC(C)(C)C)[C@@H]1c1nc(-c2ccc(Br)cc2)c(C(=O)NC)[nH]1. The summed E-state index contributed by atoms with van der Waals surface area (Å²) in [7, 11) is 1.57. The van der Waals surface area contributed by atoms with Crippen LogP contribution < -0.4 is 5.32 Å². The smallest absolute Gasteiger partial charge is 0.411 e. The number of carbonyl (C=O) groups excluding carboxylic acids is 2. The average Bonchev–Trinajstić information content (AvgIpc) is 3.24. The van der Waals surface area contributed by atoms with Crippen LogP contribution in [0.4, 0.5) is 4.79 Å². The van der Waals surface area contributed by atoms with Gasteiger partial charge in [-0.1, -0.05) is 34.6 Å². The highest BCUT2D eigenvalue weighted by molar-refractivity contribution is 9.10. The molecule has 0 saturated carbocycles. The molecule has 1 aromatic carbocycles. The van der Waals surface area contributed by atoms with Crippen molar-refractivity contribution in [2.75, 3.05) is 13.6 Å². The van der Waals surface area contributed by atoms with Crippen molar-refractivity contribution in [3.63, 3.8) is 0 Å². The first-order valence-electron chi connectivity index (χ1n) is 9.36. The van der Waals surface area contributed by atoms with Gasteiger partial charge in [-0.25, -0.2) is 9.78 Å². The van der Waals surface area contributed by atoms with Crippen LogP contribution in [0.1, 0.15) is 49.5 Å². The predicted molar refractivity (Wildman–Crippen MR) is 115 cm³/mol. The largest absolute Gasteiger partial charge is 0.444 e. The number of likely N-dealkylation sites (tertiary alicyclic amines) is 1. The molecule has 2 heterocycles. The minimum atomic E-state index is -0.607. The molecule has 3 rings (SSSR count). The fourth-order valence-electron chi connectivity index (χ4n) is 3.24. The number of rotatable bonds is 3. The molecule has 1 aliphatic heterocycles. The lowest BCUT2D eigenvalue weighted by molar-refractivity contribution is 0.0231. The molecule has 0 spiro atoms.